The number of nitriles is 1. The molecule has 0 aliphatic carbocycles. The maximum absolute atomic E-state index is 12.7. The Balaban J connectivity index is 1.97. The van der Waals surface area contributed by atoms with Crippen molar-refractivity contribution in [2.24, 2.45) is 0 Å². The molecule has 1 N–H and O–H groups in total. The lowest BCUT2D eigenvalue weighted by atomic mass is 10.1. The molecule has 0 aliphatic heterocycles. The van der Waals surface area contributed by atoms with Gasteiger partial charge in [-0.15, -0.1) is 0 Å². The number of carbonyl (C=O) groups is 1. The first-order valence-electron chi connectivity index (χ1n) is 5.58. The summed E-state index contributed by atoms with van der Waals surface area (Å²) in [5.41, 5.74) is 1.14. The van der Waals surface area contributed by atoms with Crippen LogP contribution in [-0.4, -0.2) is 10.9 Å². The SMILES string of the molecule is N#Cc1ccc(NC(=O)Cc2ccc(F)cc2)nc1. The largest absolute Gasteiger partial charge is 0.310 e. The number of benzene rings is 1. The van der Waals surface area contributed by atoms with Gasteiger partial charge in [-0.3, -0.25) is 4.79 Å². The van der Waals surface area contributed by atoms with Crippen molar-refractivity contribution in [1.29, 1.82) is 5.26 Å². The zero-order valence-electron chi connectivity index (χ0n) is 9.93. The molecule has 0 saturated carbocycles. The van der Waals surface area contributed by atoms with Gasteiger partial charge < -0.3 is 5.32 Å². The topological polar surface area (TPSA) is 65.8 Å². The fourth-order valence-electron chi connectivity index (χ4n) is 1.51. The number of halogens is 1. The van der Waals surface area contributed by atoms with Crippen molar-refractivity contribution in [2.45, 2.75) is 6.42 Å². The summed E-state index contributed by atoms with van der Waals surface area (Å²) in [4.78, 5) is 15.6. The number of hydrogen-bond donors (Lipinski definition) is 1. The molecule has 4 nitrogen and oxygen atoms in total. The van der Waals surface area contributed by atoms with Crippen LogP contribution in [0.2, 0.25) is 0 Å². The first-order chi connectivity index (χ1) is 9.17. The number of aromatic nitrogens is 1. The molecule has 94 valence electrons. The molecular weight excluding hydrogens is 245 g/mol. The molecule has 0 bridgehead atoms. The molecule has 0 unspecified atom stereocenters. The third kappa shape index (κ3) is 3.61. The Kier molecular flexibility index (Phi) is 3.84. The molecule has 5 heteroatoms. The number of nitrogens with zero attached hydrogens (tertiary/aromatic N) is 2. The number of amides is 1. The highest BCUT2D eigenvalue weighted by Gasteiger charge is 2.05. The maximum Gasteiger partial charge on any atom is 0.229 e. The average molecular weight is 255 g/mol. The van der Waals surface area contributed by atoms with Crippen molar-refractivity contribution < 1.29 is 9.18 Å². The van der Waals surface area contributed by atoms with Crippen molar-refractivity contribution in [2.75, 3.05) is 5.32 Å². The fourth-order valence-corrected chi connectivity index (χ4v) is 1.51. The molecule has 0 aliphatic rings. The zero-order chi connectivity index (χ0) is 13.7. The normalized spacial score (nSPS) is 9.68. The number of pyridine rings is 1. The van der Waals surface area contributed by atoms with Gasteiger partial charge in [-0.25, -0.2) is 9.37 Å². The molecule has 0 atom stereocenters. The summed E-state index contributed by atoms with van der Waals surface area (Å²) < 4.78 is 12.7. The third-order valence-corrected chi connectivity index (χ3v) is 2.44. The summed E-state index contributed by atoms with van der Waals surface area (Å²) in [5.74, 6) is -0.201. The van der Waals surface area contributed by atoms with E-state index in [1.165, 1.54) is 18.3 Å². The van der Waals surface area contributed by atoms with Crippen LogP contribution in [0.15, 0.2) is 42.6 Å². The number of carbonyl (C=O) groups excluding carboxylic acids is 1. The lowest BCUT2D eigenvalue weighted by Crippen LogP contribution is -2.15. The number of rotatable bonds is 3. The van der Waals surface area contributed by atoms with Gasteiger partial charge in [0.15, 0.2) is 0 Å². The van der Waals surface area contributed by atoms with Gasteiger partial charge in [-0.2, -0.15) is 5.26 Å². The lowest BCUT2D eigenvalue weighted by molar-refractivity contribution is -0.115. The van der Waals surface area contributed by atoms with E-state index in [-0.39, 0.29) is 18.1 Å². The first-order valence-corrected chi connectivity index (χ1v) is 5.58. The molecule has 1 heterocycles. The summed E-state index contributed by atoms with van der Waals surface area (Å²) in [6.07, 6.45) is 1.52. The van der Waals surface area contributed by atoms with Gasteiger partial charge in [0.05, 0.1) is 12.0 Å². The highest BCUT2D eigenvalue weighted by Crippen LogP contribution is 2.07. The standard InChI is InChI=1S/C14H10FN3O/c15-12-4-1-10(2-5-12)7-14(19)18-13-6-3-11(8-16)9-17-13/h1-6,9H,7H2,(H,17,18,19). The fraction of sp³-hybridized carbons (Fsp3) is 0.0714. The molecule has 0 saturated heterocycles. The Hall–Kier alpha value is -2.74. The minimum Gasteiger partial charge on any atom is -0.310 e. The van der Waals surface area contributed by atoms with Crippen LogP contribution in [0.4, 0.5) is 10.2 Å². The van der Waals surface area contributed by atoms with Gasteiger partial charge in [-0.05, 0) is 29.8 Å². The van der Waals surface area contributed by atoms with E-state index in [4.69, 9.17) is 5.26 Å². The minimum atomic E-state index is -0.335. The molecular formula is C14H10FN3O. The highest BCUT2D eigenvalue weighted by atomic mass is 19.1. The van der Waals surface area contributed by atoms with E-state index in [1.807, 2.05) is 6.07 Å². The minimum absolute atomic E-state index is 0.141. The van der Waals surface area contributed by atoms with Gasteiger partial charge >= 0.3 is 0 Å². The number of hydrogen-bond acceptors (Lipinski definition) is 3. The van der Waals surface area contributed by atoms with Crippen molar-refractivity contribution in [3.63, 3.8) is 0 Å². The highest BCUT2D eigenvalue weighted by molar-refractivity contribution is 5.91. The van der Waals surface area contributed by atoms with Crippen molar-refractivity contribution in [3.05, 3.63) is 59.5 Å². The van der Waals surface area contributed by atoms with E-state index < -0.39 is 0 Å². The molecule has 1 amide bonds. The van der Waals surface area contributed by atoms with E-state index in [0.717, 1.165) is 0 Å². The zero-order valence-corrected chi connectivity index (χ0v) is 9.93. The molecule has 0 spiro atoms. The second-order valence-corrected chi connectivity index (χ2v) is 3.90. The predicted molar refractivity (Wildman–Crippen MR) is 67.7 cm³/mol. The maximum atomic E-state index is 12.7. The van der Waals surface area contributed by atoms with Gasteiger partial charge in [0.2, 0.25) is 5.91 Å². The molecule has 1 aromatic carbocycles. The quantitative estimate of drug-likeness (QED) is 0.914. The van der Waals surface area contributed by atoms with Crippen LogP contribution in [0.1, 0.15) is 11.1 Å². The molecule has 2 aromatic rings. The number of anilines is 1. The van der Waals surface area contributed by atoms with E-state index in [9.17, 15) is 9.18 Å². The Morgan fingerprint density at radius 2 is 2.00 bits per heavy atom. The van der Waals surface area contributed by atoms with Gasteiger partial charge in [0.25, 0.3) is 0 Å². The van der Waals surface area contributed by atoms with Crippen LogP contribution in [0.25, 0.3) is 0 Å². The molecule has 0 fully saturated rings. The van der Waals surface area contributed by atoms with Crippen molar-refractivity contribution in [1.82, 2.24) is 4.98 Å². The van der Waals surface area contributed by atoms with Crippen LogP contribution in [0, 0.1) is 17.1 Å². The third-order valence-electron chi connectivity index (χ3n) is 2.44. The van der Waals surface area contributed by atoms with Crippen LogP contribution in [0.3, 0.4) is 0 Å². The predicted octanol–water partition coefficient (Wildman–Crippen LogP) is 2.27. The van der Waals surface area contributed by atoms with E-state index in [1.54, 1.807) is 24.3 Å². The Bertz CT molecular complexity index is 615. The molecule has 2 rings (SSSR count). The van der Waals surface area contributed by atoms with E-state index in [2.05, 4.69) is 10.3 Å². The van der Waals surface area contributed by atoms with Gasteiger partial charge in [0, 0.05) is 6.20 Å². The van der Waals surface area contributed by atoms with Crippen LogP contribution in [0.5, 0.6) is 0 Å². The van der Waals surface area contributed by atoms with E-state index in [0.29, 0.717) is 16.9 Å². The summed E-state index contributed by atoms with van der Waals surface area (Å²) in [5, 5.41) is 11.2. The van der Waals surface area contributed by atoms with E-state index >= 15 is 0 Å². The van der Waals surface area contributed by atoms with Crippen molar-refractivity contribution >= 4 is 11.7 Å². The second-order valence-electron chi connectivity index (χ2n) is 3.90. The molecule has 0 radical (unpaired) electrons. The Morgan fingerprint density at radius 3 is 2.58 bits per heavy atom. The van der Waals surface area contributed by atoms with Gasteiger partial charge in [0.1, 0.15) is 17.7 Å². The Labute approximate surface area is 109 Å². The summed E-state index contributed by atoms with van der Waals surface area (Å²) in [6.45, 7) is 0. The van der Waals surface area contributed by atoms with Crippen molar-refractivity contribution in [3.8, 4) is 6.07 Å². The summed E-state index contributed by atoms with van der Waals surface area (Å²) >= 11 is 0. The summed E-state index contributed by atoms with van der Waals surface area (Å²) in [7, 11) is 0. The van der Waals surface area contributed by atoms with Crippen LogP contribution in [-0.2, 0) is 11.2 Å². The van der Waals surface area contributed by atoms with Crippen LogP contribution >= 0.6 is 0 Å². The Morgan fingerprint density at radius 1 is 1.26 bits per heavy atom. The second kappa shape index (κ2) is 5.74. The lowest BCUT2D eigenvalue weighted by Gasteiger charge is -2.04. The first kappa shape index (κ1) is 12.7. The monoisotopic (exact) mass is 255 g/mol. The number of nitrogens with one attached hydrogen (secondary N) is 1. The van der Waals surface area contributed by atoms with Crippen LogP contribution < -0.4 is 5.32 Å². The summed E-state index contributed by atoms with van der Waals surface area (Å²) in [6, 6.07) is 10.8. The average Bonchev–Trinajstić information content (AvgIpc) is 2.42. The van der Waals surface area contributed by atoms with Gasteiger partial charge in [-0.1, -0.05) is 12.1 Å². The smallest absolute Gasteiger partial charge is 0.229 e. The molecule has 19 heavy (non-hydrogen) atoms. The molecule has 1 aromatic heterocycles.